The highest BCUT2D eigenvalue weighted by Crippen LogP contribution is 2.39. The lowest BCUT2D eigenvalue weighted by atomic mass is 9.79. The molecule has 1 aliphatic heterocycles. The van der Waals surface area contributed by atoms with Gasteiger partial charge in [-0.25, -0.2) is 0 Å². The molecule has 216 valence electrons. The van der Waals surface area contributed by atoms with Crippen molar-refractivity contribution in [2.75, 3.05) is 4.90 Å². The van der Waals surface area contributed by atoms with E-state index >= 15 is 0 Å². The molecule has 44 heavy (non-hydrogen) atoms. The van der Waals surface area contributed by atoms with E-state index in [0.717, 1.165) is 22.5 Å². The third-order valence-corrected chi connectivity index (χ3v) is 9.11. The van der Waals surface area contributed by atoms with E-state index in [1.807, 2.05) is 0 Å². The van der Waals surface area contributed by atoms with Gasteiger partial charge in [-0.05, 0) is 103 Å². The van der Waals surface area contributed by atoms with Crippen molar-refractivity contribution in [3.63, 3.8) is 0 Å². The first kappa shape index (κ1) is 28.2. The first-order valence-corrected chi connectivity index (χ1v) is 15.3. The maximum atomic E-state index is 6.42. The van der Waals surface area contributed by atoms with Gasteiger partial charge in [-0.2, -0.15) is 0 Å². The summed E-state index contributed by atoms with van der Waals surface area (Å²) in [5.74, 6) is 0. The fraction of sp³-hybridized carbons (Fsp3) is 0.150. The monoisotopic (exact) mass is 573 g/mol. The van der Waals surface area contributed by atoms with Crippen LogP contribution in [0.5, 0.6) is 0 Å². The predicted molar refractivity (Wildman–Crippen MR) is 185 cm³/mol. The van der Waals surface area contributed by atoms with Crippen LogP contribution in [-0.4, -0.2) is 18.3 Å². The Balaban J connectivity index is 1.29. The van der Waals surface area contributed by atoms with Crippen molar-refractivity contribution in [2.24, 2.45) is 0 Å². The van der Waals surface area contributed by atoms with E-state index in [-0.39, 0.29) is 0 Å². The van der Waals surface area contributed by atoms with Crippen LogP contribution in [-0.2, 0) is 9.31 Å². The molecule has 0 atom stereocenters. The van der Waals surface area contributed by atoms with Crippen molar-refractivity contribution >= 4 is 40.4 Å². The van der Waals surface area contributed by atoms with Gasteiger partial charge in [0.15, 0.2) is 0 Å². The second kappa shape index (κ2) is 11.1. The summed E-state index contributed by atoms with van der Waals surface area (Å²) in [7, 11) is -0.434. The maximum absolute atomic E-state index is 6.42. The highest BCUT2D eigenvalue weighted by atomic mass is 16.7. The van der Waals surface area contributed by atoms with E-state index in [1.165, 1.54) is 33.0 Å². The number of nitrogens with zero attached hydrogens (tertiary/aromatic N) is 1. The molecule has 0 spiro atoms. The maximum Gasteiger partial charge on any atom is 0.494 e. The third-order valence-electron chi connectivity index (χ3n) is 9.11. The molecule has 0 radical (unpaired) electrons. The summed E-state index contributed by atoms with van der Waals surface area (Å²) in [5, 5.41) is 2.50. The van der Waals surface area contributed by atoms with Crippen LogP contribution in [0.25, 0.3) is 33.0 Å². The smallest absolute Gasteiger partial charge is 0.399 e. The molecular formula is C40H36BNO2. The minimum atomic E-state index is -0.434. The van der Waals surface area contributed by atoms with Crippen molar-refractivity contribution in [3.8, 4) is 22.3 Å². The van der Waals surface area contributed by atoms with Crippen molar-refractivity contribution < 1.29 is 9.31 Å². The lowest BCUT2D eigenvalue weighted by Gasteiger charge is -2.32. The Morgan fingerprint density at radius 2 is 1.02 bits per heavy atom. The topological polar surface area (TPSA) is 21.7 Å². The van der Waals surface area contributed by atoms with Crippen LogP contribution in [0.2, 0.25) is 0 Å². The molecule has 1 aliphatic rings. The van der Waals surface area contributed by atoms with Gasteiger partial charge in [-0.15, -0.1) is 0 Å². The molecule has 7 rings (SSSR count). The lowest BCUT2D eigenvalue weighted by Crippen LogP contribution is -2.41. The van der Waals surface area contributed by atoms with E-state index in [0.29, 0.717) is 0 Å². The SMILES string of the molecule is CC1(C)OB(c2cccc(N(c3ccc(-c4ccccc4)cc3)c3ccc(-c4cccc5ccccc45)cc3)c2)OC1(C)C. The molecule has 4 heteroatoms. The molecule has 0 aromatic heterocycles. The van der Waals surface area contributed by atoms with E-state index < -0.39 is 18.3 Å². The molecular weight excluding hydrogens is 537 g/mol. The fourth-order valence-electron chi connectivity index (χ4n) is 5.94. The van der Waals surface area contributed by atoms with Crippen LogP contribution in [0.4, 0.5) is 17.1 Å². The Labute approximate surface area is 260 Å². The van der Waals surface area contributed by atoms with Gasteiger partial charge in [0.2, 0.25) is 0 Å². The number of fused-ring (bicyclic) bond motifs is 1. The highest BCUT2D eigenvalue weighted by molar-refractivity contribution is 6.62. The highest BCUT2D eigenvalue weighted by Gasteiger charge is 2.51. The summed E-state index contributed by atoms with van der Waals surface area (Å²) in [6.45, 7) is 8.37. The summed E-state index contributed by atoms with van der Waals surface area (Å²) in [5.41, 5.74) is 8.20. The zero-order chi connectivity index (χ0) is 30.3. The second-order valence-corrected chi connectivity index (χ2v) is 12.5. The molecule has 0 amide bonds. The van der Waals surface area contributed by atoms with E-state index in [4.69, 9.17) is 9.31 Å². The average molecular weight is 574 g/mol. The Hall–Kier alpha value is -4.64. The average Bonchev–Trinajstić information content (AvgIpc) is 3.28. The van der Waals surface area contributed by atoms with Gasteiger partial charge in [-0.3, -0.25) is 0 Å². The van der Waals surface area contributed by atoms with Crippen LogP contribution in [0.1, 0.15) is 27.7 Å². The third kappa shape index (κ3) is 5.21. The second-order valence-electron chi connectivity index (χ2n) is 12.5. The summed E-state index contributed by atoms with van der Waals surface area (Å²) < 4.78 is 12.8. The van der Waals surface area contributed by atoms with E-state index in [1.54, 1.807) is 0 Å². The van der Waals surface area contributed by atoms with Gasteiger partial charge in [0.1, 0.15) is 0 Å². The number of anilines is 3. The molecule has 0 bridgehead atoms. The number of benzene rings is 6. The summed E-state index contributed by atoms with van der Waals surface area (Å²) >= 11 is 0. The van der Waals surface area contributed by atoms with E-state index in [9.17, 15) is 0 Å². The minimum absolute atomic E-state index is 0.405. The molecule has 1 fully saturated rings. The van der Waals surface area contributed by atoms with E-state index in [2.05, 4.69) is 178 Å². The molecule has 1 heterocycles. The van der Waals surface area contributed by atoms with Crippen molar-refractivity contribution in [3.05, 3.63) is 146 Å². The zero-order valence-electron chi connectivity index (χ0n) is 25.7. The molecule has 6 aromatic rings. The van der Waals surface area contributed by atoms with Crippen LogP contribution >= 0.6 is 0 Å². The molecule has 6 aromatic carbocycles. The fourth-order valence-corrected chi connectivity index (χ4v) is 5.94. The van der Waals surface area contributed by atoms with Gasteiger partial charge < -0.3 is 14.2 Å². The van der Waals surface area contributed by atoms with Gasteiger partial charge in [0, 0.05) is 17.1 Å². The number of hydrogen-bond donors (Lipinski definition) is 0. The van der Waals surface area contributed by atoms with Gasteiger partial charge >= 0.3 is 7.12 Å². The molecule has 0 saturated carbocycles. The van der Waals surface area contributed by atoms with Crippen molar-refractivity contribution in [2.45, 2.75) is 38.9 Å². The van der Waals surface area contributed by atoms with Gasteiger partial charge in [-0.1, -0.05) is 109 Å². The molecule has 1 saturated heterocycles. The summed E-state index contributed by atoms with van der Waals surface area (Å²) in [6, 6.07) is 51.7. The Bertz CT molecular complexity index is 1890. The molecule has 3 nitrogen and oxygen atoms in total. The minimum Gasteiger partial charge on any atom is -0.399 e. The van der Waals surface area contributed by atoms with Crippen LogP contribution in [0.3, 0.4) is 0 Å². The normalized spacial score (nSPS) is 15.4. The first-order valence-electron chi connectivity index (χ1n) is 15.3. The Morgan fingerprint density at radius 3 is 1.70 bits per heavy atom. The lowest BCUT2D eigenvalue weighted by molar-refractivity contribution is 0.00578. The Morgan fingerprint density at radius 1 is 0.477 bits per heavy atom. The molecule has 0 unspecified atom stereocenters. The molecule has 0 N–H and O–H groups in total. The first-order chi connectivity index (χ1) is 21.3. The number of rotatable bonds is 6. The van der Waals surface area contributed by atoms with Gasteiger partial charge in [0.05, 0.1) is 11.2 Å². The zero-order valence-corrected chi connectivity index (χ0v) is 25.7. The summed E-state index contributed by atoms with van der Waals surface area (Å²) in [6.07, 6.45) is 0. The largest absolute Gasteiger partial charge is 0.494 e. The van der Waals surface area contributed by atoms with Crippen LogP contribution in [0, 0.1) is 0 Å². The van der Waals surface area contributed by atoms with Crippen molar-refractivity contribution in [1.82, 2.24) is 0 Å². The number of hydrogen-bond acceptors (Lipinski definition) is 3. The van der Waals surface area contributed by atoms with Crippen molar-refractivity contribution in [1.29, 1.82) is 0 Å². The van der Waals surface area contributed by atoms with Crippen LogP contribution in [0.15, 0.2) is 146 Å². The standard InChI is InChI=1S/C40H36BNO2/c1-39(2)40(3,4)44-41(43-39)33-16-11-17-36(28-33)42(34-24-20-30(21-25-34)29-12-6-5-7-13-29)35-26-22-32(23-27-35)38-19-10-15-31-14-8-9-18-37(31)38/h5-28H,1-4H3. The van der Waals surface area contributed by atoms with Gasteiger partial charge in [0.25, 0.3) is 0 Å². The van der Waals surface area contributed by atoms with Crippen LogP contribution < -0.4 is 10.4 Å². The quantitative estimate of drug-likeness (QED) is 0.185. The predicted octanol–water partition coefficient (Wildman–Crippen LogP) is 9.94. The molecule has 0 aliphatic carbocycles. The Kier molecular flexibility index (Phi) is 7.12. The summed E-state index contributed by atoms with van der Waals surface area (Å²) in [4.78, 5) is 2.30.